The van der Waals surface area contributed by atoms with Gasteiger partial charge in [0.1, 0.15) is 0 Å². The van der Waals surface area contributed by atoms with Crippen molar-refractivity contribution in [3.05, 3.63) is 0 Å². The molecular formula is C16H28O3. The van der Waals surface area contributed by atoms with Gasteiger partial charge in [-0.2, -0.15) is 0 Å². The van der Waals surface area contributed by atoms with Crippen molar-refractivity contribution in [1.29, 1.82) is 0 Å². The largest absolute Gasteiger partial charge is 0.469 e. The summed E-state index contributed by atoms with van der Waals surface area (Å²) in [6.45, 7) is 8.91. The molecule has 0 heterocycles. The van der Waals surface area contributed by atoms with E-state index in [0.29, 0.717) is 35.7 Å². The molecule has 3 aliphatic rings. The molecule has 3 saturated carbocycles. The number of methoxy groups -OCH3 is 2. The van der Waals surface area contributed by atoms with E-state index in [1.165, 1.54) is 7.11 Å². The Morgan fingerprint density at radius 2 is 1.95 bits per heavy atom. The highest BCUT2D eigenvalue weighted by Crippen LogP contribution is 2.59. The van der Waals surface area contributed by atoms with Crippen molar-refractivity contribution in [2.24, 2.45) is 35.0 Å². The minimum absolute atomic E-state index is 0.0360. The smallest absolute Gasteiger partial charge is 0.311 e. The zero-order valence-corrected chi connectivity index (χ0v) is 13.1. The molecule has 0 aliphatic heterocycles. The molecule has 0 aromatic heterocycles. The average Bonchev–Trinajstić information content (AvgIpc) is 2.37. The van der Waals surface area contributed by atoms with Gasteiger partial charge < -0.3 is 9.47 Å². The molecule has 0 unspecified atom stereocenters. The van der Waals surface area contributed by atoms with E-state index in [1.54, 1.807) is 0 Å². The van der Waals surface area contributed by atoms with Crippen LogP contribution >= 0.6 is 0 Å². The lowest BCUT2D eigenvalue weighted by Crippen LogP contribution is -2.59. The third-order valence-electron chi connectivity index (χ3n) is 5.91. The first-order valence-electron chi connectivity index (χ1n) is 7.48. The van der Waals surface area contributed by atoms with Crippen LogP contribution in [-0.4, -0.2) is 26.3 Å². The normalized spacial score (nSPS) is 45.5. The third-order valence-corrected chi connectivity index (χ3v) is 5.91. The third kappa shape index (κ3) is 2.10. The number of hydrogen-bond acceptors (Lipinski definition) is 3. The van der Waals surface area contributed by atoms with Crippen molar-refractivity contribution in [2.75, 3.05) is 14.2 Å². The van der Waals surface area contributed by atoms with E-state index in [9.17, 15) is 4.79 Å². The summed E-state index contributed by atoms with van der Waals surface area (Å²) in [4.78, 5) is 12.2. The van der Waals surface area contributed by atoms with E-state index >= 15 is 0 Å². The highest BCUT2D eigenvalue weighted by molar-refractivity contribution is 5.77. The Kier molecular flexibility index (Phi) is 3.97. The molecule has 6 atom stereocenters. The number of esters is 1. The standard InChI is InChI=1S/C16H28O3/c1-9(2)11-7-13-10(3)14(18-5)12(11)8-16(13,4)15(17)19-6/h9-14H,7-8H2,1-6H3/t10-,11-,12-,13+,14-,16+/m0/s1. The van der Waals surface area contributed by atoms with Gasteiger partial charge in [-0.3, -0.25) is 4.79 Å². The fourth-order valence-electron chi connectivity index (χ4n) is 4.92. The summed E-state index contributed by atoms with van der Waals surface area (Å²) in [6.07, 6.45) is 2.34. The van der Waals surface area contributed by atoms with Crippen LogP contribution in [0.1, 0.15) is 40.5 Å². The number of hydrogen-bond donors (Lipinski definition) is 0. The summed E-state index contributed by atoms with van der Waals surface area (Å²) in [5.41, 5.74) is -0.320. The molecule has 0 aromatic carbocycles. The quantitative estimate of drug-likeness (QED) is 0.738. The van der Waals surface area contributed by atoms with Crippen LogP contribution in [-0.2, 0) is 14.3 Å². The lowest BCUT2D eigenvalue weighted by molar-refractivity contribution is -0.193. The molecule has 110 valence electrons. The lowest BCUT2D eigenvalue weighted by Gasteiger charge is -2.59. The molecule has 3 aliphatic carbocycles. The van der Waals surface area contributed by atoms with Crippen LogP contribution in [0.15, 0.2) is 0 Å². The number of fused-ring (bicyclic) bond motifs is 3. The Bertz CT molecular complexity index is 350. The summed E-state index contributed by atoms with van der Waals surface area (Å²) in [5.74, 6) is 2.58. The molecule has 3 heteroatoms. The molecular weight excluding hydrogens is 240 g/mol. The molecule has 0 radical (unpaired) electrons. The minimum atomic E-state index is -0.320. The fraction of sp³-hybridized carbons (Fsp3) is 0.938. The second kappa shape index (κ2) is 5.08. The predicted molar refractivity (Wildman–Crippen MR) is 74.6 cm³/mol. The van der Waals surface area contributed by atoms with Gasteiger partial charge in [0.05, 0.1) is 18.6 Å². The molecule has 0 saturated heterocycles. The lowest BCUT2D eigenvalue weighted by atomic mass is 9.47. The number of carbonyl (C=O) groups excluding carboxylic acids is 1. The molecule has 3 rings (SSSR count). The summed E-state index contributed by atoms with van der Waals surface area (Å²) in [7, 11) is 3.32. The molecule has 3 fully saturated rings. The summed E-state index contributed by atoms with van der Waals surface area (Å²) < 4.78 is 10.9. The van der Waals surface area contributed by atoms with Gasteiger partial charge in [-0.05, 0) is 49.4 Å². The summed E-state index contributed by atoms with van der Waals surface area (Å²) in [6, 6.07) is 0. The Hall–Kier alpha value is -0.570. The van der Waals surface area contributed by atoms with E-state index < -0.39 is 0 Å². The molecule has 19 heavy (non-hydrogen) atoms. The van der Waals surface area contributed by atoms with Crippen LogP contribution in [0.4, 0.5) is 0 Å². The number of ether oxygens (including phenoxy) is 2. The Morgan fingerprint density at radius 3 is 2.42 bits per heavy atom. The average molecular weight is 268 g/mol. The van der Waals surface area contributed by atoms with Crippen molar-refractivity contribution in [1.82, 2.24) is 0 Å². The van der Waals surface area contributed by atoms with Crippen molar-refractivity contribution in [2.45, 2.75) is 46.6 Å². The maximum Gasteiger partial charge on any atom is 0.311 e. The maximum absolute atomic E-state index is 12.2. The molecule has 0 aromatic rings. The molecule has 0 N–H and O–H groups in total. The van der Waals surface area contributed by atoms with Crippen molar-refractivity contribution >= 4 is 5.97 Å². The van der Waals surface area contributed by atoms with E-state index in [1.807, 2.05) is 7.11 Å². The van der Waals surface area contributed by atoms with Crippen LogP contribution in [0.3, 0.4) is 0 Å². The SMILES string of the molecule is COC(=O)[C@]1(C)C[C@@H]2[C@@H](OC)[C@@H](C)[C@H]1C[C@H]2C(C)C. The minimum Gasteiger partial charge on any atom is -0.469 e. The van der Waals surface area contributed by atoms with Crippen LogP contribution in [0.5, 0.6) is 0 Å². The zero-order valence-electron chi connectivity index (χ0n) is 13.1. The van der Waals surface area contributed by atoms with E-state index in [0.717, 1.165) is 12.8 Å². The Morgan fingerprint density at radius 1 is 1.32 bits per heavy atom. The molecule has 0 amide bonds. The summed E-state index contributed by atoms with van der Waals surface area (Å²) >= 11 is 0. The van der Waals surface area contributed by atoms with Gasteiger partial charge in [0.15, 0.2) is 0 Å². The Labute approximate surface area is 117 Å². The van der Waals surface area contributed by atoms with Crippen LogP contribution < -0.4 is 0 Å². The monoisotopic (exact) mass is 268 g/mol. The summed E-state index contributed by atoms with van der Waals surface area (Å²) in [5, 5.41) is 0. The van der Waals surface area contributed by atoms with Gasteiger partial charge in [-0.25, -0.2) is 0 Å². The highest BCUT2D eigenvalue weighted by Gasteiger charge is 2.60. The Balaban J connectivity index is 2.34. The predicted octanol–water partition coefficient (Wildman–Crippen LogP) is 3.13. The maximum atomic E-state index is 12.2. The van der Waals surface area contributed by atoms with Crippen molar-refractivity contribution < 1.29 is 14.3 Å². The van der Waals surface area contributed by atoms with Crippen LogP contribution in [0.25, 0.3) is 0 Å². The van der Waals surface area contributed by atoms with Gasteiger partial charge >= 0.3 is 5.97 Å². The molecule has 3 nitrogen and oxygen atoms in total. The van der Waals surface area contributed by atoms with Gasteiger partial charge in [-0.1, -0.05) is 20.8 Å². The molecule has 0 spiro atoms. The second-order valence-electron chi connectivity index (χ2n) is 7.09. The van der Waals surface area contributed by atoms with E-state index in [-0.39, 0.29) is 11.4 Å². The first kappa shape index (κ1) is 14.8. The van der Waals surface area contributed by atoms with Crippen LogP contribution in [0, 0.1) is 35.0 Å². The number of rotatable bonds is 3. The molecule has 2 bridgehead atoms. The van der Waals surface area contributed by atoms with Gasteiger partial charge in [0, 0.05) is 7.11 Å². The van der Waals surface area contributed by atoms with Gasteiger partial charge in [-0.15, -0.1) is 0 Å². The fourth-order valence-corrected chi connectivity index (χ4v) is 4.92. The van der Waals surface area contributed by atoms with E-state index in [2.05, 4.69) is 27.7 Å². The van der Waals surface area contributed by atoms with Crippen LogP contribution in [0.2, 0.25) is 0 Å². The van der Waals surface area contributed by atoms with E-state index in [4.69, 9.17) is 9.47 Å². The first-order valence-corrected chi connectivity index (χ1v) is 7.48. The van der Waals surface area contributed by atoms with Gasteiger partial charge in [0.25, 0.3) is 0 Å². The second-order valence-corrected chi connectivity index (χ2v) is 7.09. The van der Waals surface area contributed by atoms with Crippen molar-refractivity contribution in [3.63, 3.8) is 0 Å². The van der Waals surface area contributed by atoms with Gasteiger partial charge in [0.2, 0.25) is 0 Å². The topological polar surface area (TPSA) is 35.5 Å². The first-order chi connectivity index (χ1) is 8.86. The number of carbonyl (C=O) groups is 1. The highest BCUT2D eigenvalue weighted by atomic mass is 16.5. The van der Waals surface area contributed by atoms with Crippen molar-refractivity contribution in [3.8, 4) is 0 Å². The zero-order chi connectivity index (χ0) is 14.4.